The number of carbonyl (C=O) groups is 4. The highest BCUT2D eigenvalue weighted by Crippen LogP contribution is 2.25. The average Bonchev–Trinajstić information content (AvgIpc) is 3.12. The van der Waals surface area contributed by atoms with Crippen LogP contribution in [0, 0.1) is 20.2 Å². The number of hydrogen-bond acceptors (Lipinski definition) is 8. The van der Waals surface area contributed by atoms with Gasteiger partial charge in [-0.05, 0) is 86.7 Å². The van der Waals surface area contributed by atoms with E-state index in [9.17, 15) is 44.5 Å². The first kappa shape index (κ1) is 40.6. The first-order valence-corrected chi connectivity index (χ1v) is 17.7. The second-order valence-corrected chi connectivity index (χ2v) is 14.1. The molecule has 1 heterocycles. The van der Waals surface area contributed by atoms with E-state index in [1.165, 1.54) is 58.3 Å². The Bertz CT molecular complexity index is 1820. The lowest BCUT2D eigenvalue weighted by molar-refractivity contribution is -0.385. The van der Waals surface area contributed by atoms with Crippen molar-refractivity contribution < 1.29 is 34.1 Å². The number of nitrogens with one attached hydrogen (secondary N) is 1. The lowest BCUT2D eigenvalue weighted by Gasteiger charge is -2.33. The molecular weight excluding hydrogens is 694 g/mol. The van der Waals surface area contributed by atoms with Gasteiger partial charge < -0.3 is 20.2 Å². The molecule has 1 aliphatic rings. The molecule has 1 aliphatic heterocycles. The summed E-state index contributed by atoms with van der Waals surface area (Å²) in [6, 6.07) is 19.5. The van der Waals surface area contributed by atoms with Crippen LogP contribution in [0.5, 0.6) is 0 Å². The molecule has 14 nitrogen and oxygen atoms in total. The van der Waals surface area contributed by atoms with Gasteiger partial charge in [-0.3, -0.25) is 34.6 Å². The quantitative estimate of drug-likeness (QED) is 0.0727. The summed E-state index contributed by atoms with van der Waals surface area (Å²) in [5, 5.41) is 34.8. The van der Waals surface area contributed by atoms with Crippen molar-refractivity contribution in [2.75, 3.05) is 19.6 Å². The van der Waals surface area contributed by atoms with Gasteiger partial charge in [0, 0.05) is 73.4 Å². The van der Waals surface area contributed by atoms with E-state index in [2.05, 4.69) is 5.32 Å². The van der Waals surface area contributed by atoms with Crippen LogP contribution in [-0.4, -0.2) is 79.7 Å². The van der Waals surface area contributed by atoms with Crippen LogP contribution in [0.2, 0.25) is 0 Å². The Balaban J connectivity index is 1.54. The fourth-order valence-corrected chi connectivity index (χ4v) is 6.15. The van der Waals surface area contributed by atoms with Crippen molar-refractivity contribution in [3.8, 4) is 0 Å². The number of hydrogen-bond donors (Lipinski definition) is 2. The Morgan fingerprint density at radius 1 is 0.815 bits per heavy atom. The highest BCUT2D eigenvalue weighted by molar-refractivity contribution is 6.15. The Morgan fingerprint density at radius 3 is 1.78 bits per heavy atom. The molecule has 2 N–H and O–H groups in total. The van der Waals surface area contributed by atoms with E-state index in [-0.39, 0.29) is 60.1 Å². The van der Waals surface area contributed by atoms with Crippen LogP contribution in [0.1, 0.15) is 69.6 Å². The van der Waals surface area contributed by atoms with Crippen LogP contribution in [0.4, 0.5) is 16.2 Å². The van der Waals surface area contributed by atoms with Crippen molar-refractivity contribution in [1.29, 1.82) is 0 Å². The fourth-order valence-electron chi connectivity index (χ4n) is 6.15. The molecule has 1 unspecified atom stereocenters. The van der Waals surface area contributed by atoms with E-state index in [0.29, 0.717) is 36.9 Å². The maximum absolute atomic E-state index is 14.3. The summed E-state index contributed by atoms with van der Waals surface area (Å²) in [6.45, 7) is 5.73. The van der Waals surface area contributed by atoms with Crippen LogP contribution < -0.4 is 5.32 Å². The third-order valence-corrected chi connectivity index (χ3v) is 9.00. The van der Waals surface area contributed by atoms with Gasteiger partial charge in [0.1, 0.15) is 6.04 Å². The van der Waals surface area contributed by atoms with Gasteiger partial charge in [-0.2, -0.15) is 0 Å². The van der Waals surface area contributed by atoms with Gasteiger partial charge in [-0.1, -0.05) is 43.2 Å². The van der Waals surface area contributed by atoms with E-state index >= 15 is 0 Å². The smallest absolute Gasteiger partial charge is 0.407 e. The molecular formula is C40H45N5O9. The Kier molecular flexibility index (Phi) is 13.9. The zero-order valence-electron chi connectivity index (χ0n) is 30.6. The number of benzene rings is 3. The summed E-state index contributed by atoms with van der Waals surface area (Å²) in [6.07, 6.45) is 5.14. The Labute approximate surface area is 313 Å². The van der Waals surface area contributed by atoms with Crippen molar-refractivity contribution in [2.45, 2.75) is 70.9 Å². The van der Waals surface area contributed by atoms with Crippen molar-refractivity contribution >= 4 is 47.2 Å². The number of Topliss-reactive ketones (excluding diaryl/α,β-unsaturated/α-hetero) is 1. The van der Waals surface area contributed by atoms with E-state index in [4.69, 9.17) is 0 Å². The van der Waals surface area contributed by atoms with Crippen LogP contribution in [0.25, 0.3) is 12.2 Å². The minimum atomic E-state index is -0.975. The van der Waals surface area contributed by atoms with E-state index < -0.39 is 33.4 Å². The van der Waals surface area contributed by atoms with Crippen LogP contribution in [-0.2, 0) is 20.8 Å². The van der Waals surface area contributed by atoms with Crippen molar-refractivity contribution in [2.24, 2.45) is 0 Å². The largest absolute Gasteiger partial charge is 0.465 e. The van der Waals surface area contributed by atoms with Crippen LogP contribution in [0.15, 0.2) is 90.0 Å². The molecule has 284 valence electrons. The molecule has 1 fully saturated rings. The third-order valence-electron chi connectivity index (χ3n) is 9.00. The van der Waals surface area contributed by atoms with Gasteiger partial charge in [0.05, 0.1) is 9.85 Å². The molecule has 54 heavy (non-hydrogen) atoms. The molecule has 1 saturated heterocycles. The zero-order chi connectivity index (χ0) is 39.4. The molecule has 0 radical (unpaired) electrons. The summed E-state index contributed by atoms with van der Waals surface area (Å²) in [5.74, 6) is -1.09. The number of carboxylic acid groups (broad SMARTS) is 1. The molecule has 3 aromatic rings. The van der Waals surface area contributed by atoms with Crippen LogP contribution >= 0.6 is 0 Å². The third kappa shape index (κ3) is 11.7. The normalized spacial score (nSPS) is 15.2. The number of nitrogens with zero attached hydrogens (tertiary/aromatic N) is 4. The minimum Gasteiger partial charge on any atom is -0.465 e. The molecule has 4 rings (SSSR count). The van der Waals surface area contributed by atoms with E-state index in [1.807, 2.05) is 51.1 Å². The van der Waals surface area contributed by atoms with Gasteiger partial charge >= 0.3 is 6.09 Å². The van der Waals surface area contributed by atoms with Crippen molar-refractivity contribution in [1.82, 2.24) is 15.1 Å². The molecule has 3 aromatic carbocycles. The molecule has 1 atom stereocenters. The summed E-state index contributed by atoms with van der Waals surface area (Å²) < 4.78 is 0. The van der Waals surface area contributed by atoms with Crippen molar-refractivity contribution in [3.05, 3.63) is 127 Å². The number of nitro benzene ring substituents is 2. The lowest BCUT2D eigenvalue weighted by atomic mass is 9.93. The average molecular weight is 740 g/mol. The van der Waals surface area contributed by atoms with Gasteiger partial charge in [0.25, 0.3) is 11.4 Å². The standard InChI is InChI=1S/C40H45N5O9/c1-40(2,3)43(39(49)50)22-10-5-4-9-13-36(46)41-35(25-28-11-7-6-8-12-28)38(48)42-26-31(23-29-14-18-33(19-15-29)44(51)52)37(47)32(27-42)24-30-16-20-34(21-17-30)45(53)54/h6-8,11-12,14-21,23-24,35H,4-5,9-10,13,22,25-27H2,1-3H3,(H,41,46)(H,49,50). The number of carbonyl (C=O) groups excluding carboxylic acids is 3. The number of unbranched alkanes of at least 4 members (excludes halogenated alkanes) is 3. The first-order valence-electron chi connectivity index (χ1n) is 17.7. The predicted octanol–water partition coefficient (Wildman–Crippen LogP) is 6.84. The Hall–Kier alpha value is -6.18. The minimum absolute atomic E-state index is 0.0880. The SMILES string of the molecule is CC(C)(C)N(CCCCCCC(=O)NC(Cc1ccccc1)C(=O)N1CC(=Cc2ccc([N+](=O)[O-])cc2)C(=O)C(=Cc2ccc([N+](=O)[O-])cc2)C1)C(=O)O. The number of nitro groups is 2. The van der Waals surface area contributed by atoms with Gasteiger partial charge in [0.15, 0.2) is 5.78 Å². The van der Waals surface area contributed by atoms with Gasteiger partial charge in [-0.25, -0.2) is 4.79 Å². The second-order valence-electron chi connectivity index (χ2n) is 14.1. The molecule has 0 spiro atoms. The molecule has 0 aliphatic carbocycles. The van der Waals surface area contributed by atoms with Gasteiger partial charge in [0.2, 0.25) is 11.8 Å². The number of non-ortho nitro benzene ring substituents is 2. The number of piperidine rings is 1. The number of ketones is 1. The summed E-state index contributed by atoms with van der Waals surface area (Å²) >= 11 is 0. The predicted molar refractivity (Wildman–Crippen MR) is 203 cm³/mol. The summed E-state index contributed by atoms with van der Waals surface area (Å²) in [4.78, 5) is 77.2. The van der Waals surface area contributed by atoms with E-state index in [1.54, 1.807) is 12.2 Å². The molecule has 14 heteroatoms. The topological polar surface area (TPSA) is 193 Å². The van der Waals surface area contributed by atoms with Crippen LogP contribution in [0.3, 0.4) is 0 Å². The molecule has 3 amide bonds. The summed E-state index contributed by atoms with van der Waals surface area (Å²) in [7, 11) is 0. The van der Waals surface area contributed by atoms with E-state index in [0.717, 1.165) is 12.0 Å². The lowest BCUT2D eigenvalue weighted by Crippen LogP contribution is -2.52. The number of likely N-dealkylation sites (tertiary alicyclic amines) is 1. The summed E-state index contributed by atoms with van der Waals surface area (Å²) in [5.41, 5.74) is 1.57. The first-order chi connectivity index (χ1) is 25.6. The Morgan fingerprint density at radius 2 is 1.31 bits per heavy atom. The highest BCUT2D eigenvalue weighted by atomic mass is 16.6. The maximum Gasteiger partial charge on any atom is 0.407 e. The maximum atomic E-state index is 14.3. The number of amides is 3. The molecule has 0 saturated carbocycles. The second kappa shape index (κ2) is 18.5. The highest BCUT2D eigenvalue weighted by Gasteiger charge is 2.33. The van der Waals surface area contributed by atoms with Gasteiger partial charge in [-0.15, -0.1) is 0 Å². The monoisotopic (exact) mass is 739 g/mol. The number of rotatable bonds is 15. The van der Waals surface area contributed by atoms with Crippen molar-refractivity contribution in [3.63, 3.8) is 0 Å². The molecule has 0 bridgehead atoms. The fraction of sp³-hybridized carbons (Fsp3) is 0.350. The zero-order valence-corrected chi connectivity index (χ0v) is 30.6. The molecule has 0 aromatic heterocycles.